The Morgan fingerprint density at radius 2 is 2.13 bits per heavy atom. The minimum atomic E-state index is -0.124. The number of piperidine rings is 1. The van der Waals surface area contributed by atoms with Crippen molar-refractivity contribution in [2.75, 3.05) is 24.5 Å². The first-order chi connectivity index (χ1) is 11.1. The second-order valence-electron chi connectivity index (χ2n) is 7.47. The van der Waals surface area contributed by atoms with Crippen molar-refractivity contribution >= 4 is 11.6 Å². The molecule has 0 bridgehead atoms. The van der Waals surface area contributed by atoms with Crippen molar-refractivity contribution in [1.29, 1.82) is 0 Å². The van der Waals surface area contributed by atoms with Crippen LogP contribution in [0.5, 0.6) is 0 Å². The lowest BCUT2D eigenvalue weighted by atomic mass is 9.86. The van der Waals surface area contributed by atoms with Crippen LogP contribution in [0.3, 0.4) is 0 Å². The van der Waals surface area contributed by atoms with Crippen LogP contribution in [0.15, 0.2) is 12.4 Å². The fourth-order valence-electron chi connectivity index (χ4n) is 4.64. The predicted octanol–water partition coefficient (Wildman–Crippen LogP) is 0.855. The molecule has 124 valence electrons. The van der Waals surface area contributed by atoms with Crippen molar-refractivity contribution in [1.82, 2.24) is 15.3 Å². The molecule has 4 atom stereocenters. The highest BCUT2D eigenvalue weighted by Crippen LogP contribution is 2.55. The Hall–Kier alpha value is -1.69. The van der Waals surface area contributed by atoms with E-state index in [1.165, 1.54) is 12.8 Å². The first-order valence-corrected chi connectivity index (χ1v) is 8.65. The molecule has 4 rings (SSSR count). The van der Waals surface area contributed by atoms with E-state index in [1.54, 1.807) is 0 Å². The highest BCUT2D eigenvalue weighted by Gasteiger charge is 2.59. The Balaban J connectivity index is 1.39. The lowest BCUT2D eigenvalue weighted by molar-refractivity contribution is -0.123. The first-order valence-electron chi connectivity index (χ1n) is 8.65. The summed E-state index contributed by atoms with van der Waals surface area (Å²) in [4.78, 5) is 22.5. The van der Waals surface area contributed by atoms with E-state index in [1.807, 2.05) is 19.3 Å². The second-order valence-corrected chi connectivity index (χ2v) is 7.47. The van der Waals surface area contributed by atoms with Crippen LogP contribution in [-0.2, 0) is 4.79 Å². The molecule has 1 amide bonds. The van der Waals surface area contributed by atoms with Crippen molar-refractivity contribution in [2.45, 2.75) is 38.1 Å². The van der Waals surface area contributed by atoms with Gasteiger partial charge in [-0.2, -0.15) is 0 Å². The average Bonchev–Trinajstić information content (AvgIpc) is 3.01. The van der Waals surface area contributed by atoms with Crippen molar-refractivity contribution < 1.29 is 4.79 Å². The van der Waals surface area contributed by atoms with Crippen LogP contribution in [0.1, 0.15) is 31.5 Å². The summed E-state index contributed by atoms with van der Waals surface area (Å²) < 4.78 is 0. The molecule has 3 unspecified atom stereocenters. The zero-order chi connectivity index (χ0) is 16.0. The van der Waals surface area contributed by atoms with Gasteiger partial charge in [-0.25, -0.2) is 9.97 Å². The Bertz CT molecular complexity index is 604. The molecule has 0 radical (unpaired) electrons. The molecule has 23 heavy (non-hydrogen) atoms. The molecular weight excluding hydrogens is 290 g/mol. The second kappa shape index (κ2) is 5.44. The number of hydrogen-bond acceptors (Lipinski definition) is 5. The third kappa shape index (κ3) is 2.69. The normalized spacial score (nSPS) is 36.4. The summed E-state index contributed by atoms with van der Waals surface area (Å²) in [5, 5.41) is 3.69. The summed E-state index contributed by atoms with van der Waals surface area (Å²) in [6.45, 7) is 4.98. The maximum atomic E-state index is 11.5. The van der Waals surface area contributed by atoms with Gasteiger partial charge in [0.05, 0.1) is 18.1 Å². The zero-order valence-electron chi connectivity index (χ0n) is 13.7. The maximum absolute atomic E-state index is 11.5. The number of amides is 1. The van der Waals surface area contributed by atoms with Crippen LogP contribution in [0.2, 0.25) is 0 Å². The molecule has 1 saturated carbocycles. The number of carbonyl (C=O) groups excluding carboxylic acids is 1. The van der Waals surface area contributed by atoms with Gasteiger partial charge in [0, 0.05) is 24.5 Å². The molecule has 6 nitrogen and oxygen atoms in total. The van der Waals surface area contributed by atoms with Gasteiger partial charge in [-0.1, -0.05) is 0 Å². The molecule has 1 aromatic heterocycles. The summed E-state index contributed by atoms with van der Waals surface area (Å²) in [5.41, 5.74) is 6.84. The van der Waals surface area contributed by atoms with Crippen molar-refractivity contribution in [3.05, 3.63) is 18.2 Å². The van der Waals surface area contributed by atoms with Crippen LogP contribution in [0.25, 0.3) is 0 Å². The molecule has 1 spiro atoms. The van der Waals surface area contributed by atoms with Crippen LogP contribution in [-0.4, -0.2) is 41.0 Å². The van der Waals surface area contributed by atoms with Gasteiger partial charge in [0.2, 0.25) is 5.91 Å². The van der Waals surface area contributed by atoms with E-state index in [9.17, 15) is 4.79 Å². The van der Waals surface area contributed by atoms with E-state index in [4.69, 9.17) is 5.73 Å². The molecule has 2 saturated heterocycles. The van der Waals surface area contributed by atoms with E-state index >= 15 is 0 Å². The van der Waals surface area contributed by atoms with Crippen molar-refractivity contribution in [3.8, 4) is 0 Å². The molecule has 2 aliphatic heterocycles. The van der Waals surface area contributed by atoms with Gasteiger partial charge in [-0.15, -0.1) is 0 Å². The molecule has 1 aliphatic carbocycles. The highest BCUT2D eigenvalue weighted by atomic mass is 16.1. The molecule has 3 fully saturated rings. The summed E-state index contributed by atoms with van der Waals surface area (Å²) in [6, 6.07) is 0. The molecule has 6 heteroatoms. The van der Waals surface area contributed by atoms with E-state index < -0.39 is 0 Å². The number of hydrogen-bond donors (Lipinski definition) is 2. The number of carbonyl (C=O) groups is 1. The zero-order valence-corrected chi connectivity index (χ0v) is 13.7. The Morgan fingerprint density at radius 3 is 2.87 bits per heavy atom. The van der Waals surface area contributed by atoms with Gasteiger partial charge in [0.15, 0.2) is 0 Å². The number of rotatable bonds is 3. The fraction of sp³-hybridized carbons (Fsp3) is 0.706. The topological polar surface area (TPSA) is 84.1 Å². The Morgan fingerprint density at radius 1 is 1.35 bits per heavy atom. The van der Waals surface area contributed by atoms with Gasteiger partial charge in [0.1, 0.15) is 5.82 Å². The third-order valence-electron chi connectivity index (χ3n) is 6.04. The van der Waals surface area contributed by atoms with Gasteiger partial charge in [-0.05, 0) is 51.0 Å². The minimum Gasteiger partial charge on any atom is -0.369 e. The van der Waals surface area contributed by atoms with E-state index in [-0.39, 0.29) is 17.4 Å². The summed E-state index contributed by atoms with van der Waals surface area (Å²) in [6.07, 6.45) is 8.08. The van der Waals surface area contributed by atoms with E-state index in [0.717, 1.165) is 44.0 Å². The summed E-state index contributed by atoms with van der Waals surface area (Å²) >= 11 is 0. The SMILES string of the molecule is Cc1ncc(N2CC[C@H](C3CC34CC(C(N)=O)CCN4)C2)cn1. The monoisotopic (exact) mass is 315 g/mol. The van der Waals surface area contributed by atoms with Crippen LogP contribution < -0.4 is 16.0 Å². The molecule has 3 aliphatic rings. The number of aromatic nitrogens is 2. The largest absolute Gasteiger partial charge is 0.369 e. The molecular formula is C17H25N5O. The number of primary amides is 1. The average molecular weight is 315 g/mol. The van der Waals surface area contributed by atoms with E-state index in [0.29, 0.717) is 11.8 Å². The smallest absolute Gasteiger partial charge is 0.220 e. The highest BCUT2D eigenvalue weighted by molar-refractivity contribution is 5.77. The molecule has 1 aromatic rings. The quantitative estimate of drug-likeness (QED) is 0.864. The van der Waals surface area contributed by atoms with Crippen LogP contribution >= 0.6 is 0 Å². The summed E-state index contributed by atoms with van der Waals surface area (Å²) in [5.74, 6) is 2.12. The Kier molecular flexibility index (Phi) is 3.52. The van der Waals surface area contributed by atoms with Gasteiger partial charge >= 0.3 is 0 Å². The van der Waals surface area contributed by atoms with Crippen molar-refractivity contribution in [2.24, 2.45) is 23.5 Å². The lowest BCUT2D eigenvalue weighted by Crippen LogP contribution is -2.46. The van der Waals surface area contributed by atoms with Gasteiger partial charge in [0.25, 0.3) is 0 Å². The van der Waals surface area contributed by atoms with Crippen LogP contribution in [0.4, 0.5) is 5.69 Å². The molecule has 0 aromatic carbocycles. The molecule has 3 heterocycles. The maximum Gasteiger partial charge on any atom is 0.220 e. The number of nitrogens with zero attached hydrogens (tertiary/aromatic N) is 3. The first kappa shape index (κ1) is 14.9. The minimum absolute atomic E-state index is 0.0595. The molecule has 3 N–H and O–H groups in total. The van der Waals surface area contributed by atoms with Crippen molar-refractivity contribution in [3.63, 3.8) is 0 Å². The van der Waals surface area contributed by atoms with Crippen LogP contribution in [0, 0.1) is 24.7 Å². The number of aryl methyl sites for hydroxylation is 1. The summed E-state index contributed by atoms with van der Waals surface area (Å²) in [7, 11) is 0. The fourth-order valence-corrected chi connectivity index (χ4v) is 4.64. The standard InChI is InChI=1S/C17H25N5O/c1-11-19-8-14(9-20-11)22-5-3-13(10-22)15-7-17(15)6-12(16(18)23)2-4-21-17/h8-9,12-13,15,21H,2-7,10H2,1H3,(H2,18,23)/t12?,13-,15?,17?/m0/s1. The third-order valence-corrected chi connectivity index (χ3v) is 6.04. The number of nitrogens with two attached hydrogens (primary N) is 1. The number of anilines is 1. The number of nitrogens with one attached hydrogen (secondary N) is 1. The predicted molar refractivity (Wildman–Crippen MR) is 87.8 cm³/mol. The van der Waals surface area contributed by atoms with Gasteiger partial charge in [-0.3, -0.25) is 4.79 Å². The lowest BCUT2D eigenvalue weighted by Gasteiger charge is -2.31. The van der Waals surface area contributed by atoms with Gasteiger partial charge < -0.3 is 16.0 Å². The van der Waals surface area contributed by atoms with E-state index in [2.05, 4.69) is 20.2 Å². The Labute approximate surface area is 136 Å².